The molecule has 2 aliphatic heterocycles. The average Bonchev–Trinajstić information content (AvgIpc) is 3.78. The van der Waals surface area contributed by atoms with Crippen molar-refractivity contribution in [2.45, 2.75) is 70.6 Å². The largest absolute Gasteiger partial charge is 0.492 e. The summed E-state index contributed by atoms with van der Waals surface area (Å²) in [4.78, 5) is 55.7. The highest BCUT2D eigenvalue weighted by atomic mass is 16.5. The first-order valence-electron chi connectivity index (χ1n) is 16.8. The Morgan fingerprint density at radius 1 is 0.979 bits per heavy atom. The Bertz CT molecular complexity index is 1540. The third kappa shape index (κ3) is 9.86. The van der Waals surface area contributed by atoms with E-state index in [4.69, 9.17) is 4.74 Å². The van der Waals surface area contributed by atoms with Gasteiger partial charge in [-0.25, -0.2) is 4.68 Å². The first-order valence-corrected chi connectivity index (χ1v) is 16.8. The summed E-state index contributed by atoms with van der Waals surface area (Å²) in [6, 6.07) is 14.7. The van der Waals surface area contributed by atoms with Gasteiger partial charge in [0.2, 0.25) is 23.6 Å². The second-order valence-corrected chi connectivity index (χ2v) is 12.7. The highest BCUT2D eigenvalue weighted by molar-refractivity contribution is 5.92. The molecule has 5 rings (SSSR count). The third-order valence-corrected chi connectivity index (χ3v) is 8.61. The van der Waals surface area contributed by atoms with Crippen LogP contribution in [0.4, 0.5) is 0 Å². The van der Waals surface area contributed by atoms with Gasteiger partial charge in [-0.15, -0.1) is 5.10 Å². The number of hydrogen-bond donors (Lipinski definition) is 4. The van der Waals surface area contributed by atoms with Gasteiger partial charge in [-0.1, -0.05) is 61.5 Å². The first kappa shape index (κ1) is 34.6. The van der Waals surface area contributed by atoms with Crippen LogP contribution in [0.5, 0.6) is 5.75 Å². The molecule has 13 heteroatoms. The minimum atomic E-state index is -0.899. The summed E-state index contributed by atoms with van der Waals surface area (Å²) in [5.74, 6) is -0.770. The number of carbonyl (C=O) groups is 4. The summed E-state index contributed by atoms with van der Waals surface area (Å²) in [6.07, 6.45) is 4.35. The molecule has 4 N–H and O–H groups in total. The summed E-state index contributed by atoms with van der Waals surface area (Å²) in [6.45, 7) is 6.20. The molecule has 3 heterocycles. The van der Waals surface area contributed by atoms with Crippen molar-refractivity contribution in [3.63, 3.8) is 0 Å². The van der Waals surface area contributed by atoms with Gasteiger partial charge in [0.25, 0.3) is 0 Å². The van der Waals surface area contributed by atoms with Crippen LogP contribution in [0, 0.1) is 5.92 Å². The van der Waals surface area contributed by atoms with Gasteiger partial charge in [0, 0.05) is 38.7 Å². The van der Waals surface area contributed by atoms with Crippen LogP contribution in [-0.4, -0.2) is 94.4 Å². The molecular weight excluding hydrogens is 612 g/mol. The maximum atomic E-state index is 13.6. The van der Waals surface area contributed by atoms with Crippen molar-refractivity contribution in [1.29, 1.82) is 0 Å². The number of rotatable bonds is 4. The second kappa shape index (κ2) is 16.9. The second-order valence-electron chi connectivity index (χ2n) is 12.7. The lowest BCUT2D eigenvalue weighted by atomic mass is 10.0. The fourth-order valence-electron chi connectivity index (χ4n) is 5.96. The van der Waals surface area contributed by atoms with Crippen LogP contribution in [-0.2, 0) is 45.0 Å². The molecular formula is C35H46N8O5. The topological polar surface area (TPSA) is 160 Å². The SMILES string of the molecule is CC(C)C1NC(=O)Cc2cccc(c2)OCCn2cc(nn2)CCN(C(=O)[C@H]2CCCN2)CCNC(=O)[C@H](Cc2ccccc2)NC1=O. The summed E-state index contributed by atoms with van der Waals surface area (Å²) >= 11 is 0. The summed E-state index contributed by atoms with van der Waals surface area (Å²) in [7, 11) is 0. The Balaban J connectivity index is 1.37. The minimum Gasteiger partial charge on any atom is -0.492 e. The van der Waals surface area contributed by atoms with Gasteiger partial charge in [0.05, 0.1) is 24.7 Å². The molecule has 1 unspecified atom stereocenters. The number of aromatic nitrogens is 3. The molecule has 0 radical (unpaired) electrons. The van der Waals surface area contributed by atoms with E-state index in [1.54, 1.807) is 15.6 Å². The number of fused-ring (bicyclic) bond motifs is 4. The lowest BCUT2D eigenvalue weighted by molar-refractivity contribution is -0.134. The van der Waals surface area contributed by atoms with Gasteiger partial charge in [0.1, 0.15) is 24.4 Å². The van der Waals surface area contributed by atoms with Gasteiger partial charge in [-0.3, -0.25) is 19.2 Å². The fourth-order valence-corrected chi connectivity index (χ4v) is 5.96. The molecule has 2 aromatic carbocycles. The molecule has 1 fully saturated rings. The van der Waals surface area contributed by atoms with E-state index in [0.717, 1.165) is 36.2 Å². The quantitative estimate of drug-likeness (QED) is 0.324. The van der Waals surface area contributed by atoms with E-state index in [1.807, 2.05) is 68.6 Å². The molecule has 3 atom stereocenters. The van der Waals surface area contributed by atoms with Crippen LogP contribution in [0.25, 0.3) is 0 Å². The number of hydrogen-bond acceptors (Lipinski definition) is 8. The van der Waals surface area contributed by atoms with Crippen LogP contribution >= 0.6 is 0 Å². The molecule has 2 aliphatic rings. The van der Waals surface area contributed by atoms with Crippen molar-refractivity contribution in [2.75, 3.05) is 32.8 Å². The van der Waals surface area contributed by atoms with E-state index >= 15 is 0 Å². The van der Waals surface area contributed by atoms with E-state index in [0.29, 0.717) is 38.4 Å². The zero-order chi connectivity index (χ0) is 33.9. The Kier molecular flexibility index (Phi) is 12.1. The number of benzene rings is 2. The fraction of sp³-hybridized carbons (Fsp3) is 0.486. The smallest absolute Gasteiger partial charge is 0.243 e. The van der Waals surface area contributed by atoms with Crippen molar-refractivity contribution < 1.29 is 23.9 Å². The maximum absolute atomic E-state index is 13.6. The molecule has 0 spiro atoms. The number of ether oxygens (including phenoxy) is 1. The van der Waals surface area contributed by atoms with Crippen molar-refractivity contribution in [3.05, 3.63) is 77.6 Å². The van der Waals surface area contributed by atoms with Crippen LogP contribution in [0.2, 0.25) is 0 Å². The predicted molar refractivity (Wildman–Crippen MR) is 179 cm³/mol. The Labute approximate surface area is 281 Å². The molecule has 0 aliphatic carbocycles. The van der Waals surface area contributed by atoms with Crippen molar-refractivity contribution in [1.82, 2.24) is 41.2 Å². The lowest BCUT2D eigenvalue weighted by Crippen LogP contribution is -2.56. The normalized spacial score (nSPS) is 21.9. The van der Waals surface area contributed by atoms with Gasteiger partial charge in [-0.05, 0) is 48.6 Å². The highest BCUT2D eigenvalue weighted by Crippen LogP contribution is 2.15. The zero-order valence-electron chi connectivity index (χ0n) is 27.7. The van der Waals surface area contributed by atoms with E-state index in [2.05, 4.69) is 31.6 Å². The molecule has 3 aromatic rings. The molecule has 4 bridgehead atoms. The Morgan fingerprint density at radius 2 is 1.81 bits per heavy atom. The van der Waals surface area contributed by atoms with Crippen molar-refractivity contribution >= 4 is 23.6 Å². The van der Waals surface area contributed by atoms with Gasteiger partial charge >= 0.3 is 0 Å². The van der Waals surface area contributed by atoms with Crippen LogP contribution in [0.3, 0.4) is 0 Å². The van der Waals surface area contributed by atoms with Gasteiger partial charge in [-0.2, -0.15) is 0 Å². The van der Waals surface area contributed by atoms with E-state index in [9.17, 15) is 19.2 Å². The molecule has 13 nitrogen and oxygen atoms in total. The van der Waals surface area contributed by atoms with Crippen LogP contribution < -0.4 is 26.0 Å². The molecule has 256 valence electrons. The third-order valence-electron chi connectivity index (χ3n) is 8.61. The number of nitrogens with one attached hydrogen (secondary N) is 4. The number of amides is 4. The Hall–Kier alpha value is -4.78. The Morgan fingerprint density at radius 3 is 2.58 bits per heavy atom. The number of carbonyl (C=O) groups excluding carboxylic acids is 4. The van der Waals surface area contributed by atoms with E-state index < -0.39 is 18.0 Å². The van der Waals surface area contributed by atoms with Crippen molar-refractivity contribution in [3.8, 4) is 5.75 Å². The monoisotopic (exact) mass is 658 g/mol. The van der Waals surface area contributed by atoms with Gasteiger partial charge < -0.3 is 30.9 Å². The maximum Gasteiger partial charge on any atom is 0.243 e. The molecule has 1 aromatic heterocycles. The van der Waals surface area contributed by atoms with E-state index in [-0.39, 0.29) is 49.1 Å². The summed E-state index contributed by atoms with van der Waals surface area (Å²) in [5.41, 5.74) is 2.36. The molecule has 0 saturated carbocycles. The van der Waals surface area contributed by atoms with Crippen LogP contribution in [0.1, 0.15) is 43.5 Å². The molecule has 4 amide bonds. The standard InChI is InChI=1S/C35H46N8O5/c1-24(2)32-34(46)38-30(21-25-8-4-3-5-9-25)33(45)37-15-17-42(35(47)29-12-7-14-36-29)16-13-27-23-43(41-40-27)18-19-48-28-11-6-10-26(20-28)22-31(44)39-32/h3-6,8-11,20,23-24,29-30,32,36H,7,12-19,21-22H2,1-2H3,(H,37,45)(H,38,46)(H,39,44)/t29-,30+,32?/m1/s1. The van der Waals surface area contributed by atoms with Gasteiger partial charge in [0.15, 0.2) is 0 Å². The van der Waals surface area contributed by atoms with E-state index in [1.165, 1.54) is 0 Å². The summed E-state index contributed by atoms with van der Waals surface area (Å²) < 4.78 is 7.65. The highest BCUT2D eigenvalue weighted by Gasteiger charge is 2.30. The molecule has 1 saturated heterocycles. The zero-order valence-corrected chi connectivity index (χ0v) is 27.7. The first-order chi connectivity index (χ1) is 23.2. The average molecular weight is 659 g/mol. The lowest BCUT2D eigenvalue weighted by Gasteiger charge is -2.27. The van der Waals surface area contributed by atoms with Crippen molar-refractivity contribution in [2.24, 2.45) is 5.92 Å². The molecule has 48 heavy (non-hydrogen) atoms. The predicted octanol–water partition coefficient (Wildman–Crippen LogP) is 1.02. The number of nitrogens with zero attached hydrogens (tertiary/aromatic N) is 4. The minimum absolute atomic E-state index is 0.0139. The van der Waals surface area contributed by atoms with Crippen LogP contribution in [0.15, 0.2) is 60.8 Å². The summed E-state index contributed by atoms with van der Waals surface area (Å²) in [5, 5.41) is 20.5.